The lowest BCUT2D eigenvalue weighted by molar-refractivity contribution is 0.102. The summed E-state index contributed by atoms with van der Waals surface area (Å²) in [6, 6.07) is 9.37. The Hall–Kier alpha value is -1.64. The first-order valence-corrected chi connectivity index (χ1v) is 10.9. The molecule has 28 heavy (non-hydrogen) atoms. The van der Waals surface area contributed by atoms with Gasteiger partial charge in [-0.25, -0.2) is 8.42 Å². The number of hydrogen-bond acceptors (Lipinski definition) is 4. The number of benzene rings is 2. The number of amides is 1. The van der Waals surface area contributed by atoms with Gasteiger partial charge in [-0.05, 0) is 49.9 Å². The summed E-state index contributed by atoms with van der Waals surface area (Å²) < 4.78 is 27.4. The van der Waals surface area contributed by atoms with Crippen molar-refractivity contribution in [2.24, 2.45) is 0 Å². The fourth-order valence-corrected chi connectivity index (χ4v) is 4.70. The zero-order chi connectivity index (χ0) is 20.5. The topological polar surface area (TPSA) is 69.7 Å². The van der Waals surface area contributed by atoms with Gasteiger partial charge in [-0.1, -0.05) is 29.3 Å². The number of nitrogens with zero attached hydrogens (tertiary/aromatic N) is 2. The van der Waals surface area contributed by atoms with E-state index in [4.69, 9.17) is 23.2 Å². The lowest BCUT2D eigenvalue weighted by atomic mass is 10.1. The molecule has 0 aromatic heterocycles. The number of aryl methyl sites for hydroxylation is 1. The maximum Gasteiger partial charge on any atom is 0.255 e. The summed E-state index contributed by atoms with van der Waals surface area (Å²) in [6.45, 7) is 3.97. The van der Waals surface area contributed by atoms with Gasteiger partial charge in [0.1, 0.15) is 0 Å². The van der Waals surface area contributed by atoms with Crippen LogP contribution in [0, 0.1) is 6.92 Å². The van der Waals surface area contributed by atoms with Crippen molar-refractivity contribution in [3.05, 3.63) is 57.6 Å². The number of rotatable bonds is 4. The number of anilines is 1. The number of piperazine rings is 1. The molecule has 0 radical (unpaired) electrons. The SMILES string of the molecule is Cc1ccc(S(=O)(=O)N2CCN(C)CC2)cc1C(=O)Nc1ccc(Cl)c(Cl)c1. The lowest BCUT2D eigenvalue weighted by Gasteiger charge is -2.31. The number of carbonyl (C=O) groups is 1. The summed E-state index contributed by atoms with van der Waals surface area (Å²) >= 11 is 11.9. The standard InChI is InChI=1S/C19H21Cl2N3O3S/c1-13-3-5-15(28(26,27)24-9-7-23(2)8-10-24)12-16(13)19(25)22-14-4-6-17(20)18(21)11-14/h3-6,11-12H,7-10H2,1-2H3,(H,22,25). The minimum atomic E-state index is -3.66. The third kappa shape index (κ3) is 4.50. The van der Waals surface area contributed by atoms with E-state index >= 15 is 0 Å². The molecule has 9 heteroatoms. The molecule has 1 aliphatic rings. The molecule has 0 spiro atoms. The quantitative estimate of drug-likeness (QED) is 0.787. The Labute approximate surface area is 175 Å². The highest BCUT2D eigenvalue weighted by atomic mass is 35.5. The molecule has 1 amide bonds. The number of hydrogen-bond donors (Lipinski definition) is 1. The van der Waals surface area contributed by atoms with Gasteiger partial charge in [-0.15, -0.1) is 0 Å². The van der Waals surface area contributed by atoms with Crippen LogP contribution >= 0.6 is 23.2 Å². The van der Waals surface area contributed by atoms with Gasteiger partial charge >= 0.3 is 0 Å². The molecule has 2 aromatic rings. The van der Waals surface area contributed by atoms with Crippen LogP contribution in [0.25, 0.3) is 0 Å². The molecule has 1 aliphatic heterocycles. The molecule has 3 rings (SSSR count). The number of carbonyl (C=O) groups excluding carboxylic acids is 1. The summed E-state index contributed by atoms with van der Waals surface area (Å²) in [4.78, 5) is 14.9. The first-order chi connectivity index (χ1) is 13.2. The molecule has 0 bridgehead atoms. The molecule has 0 saturated carbocycles. The molecule has 2 aromatic carbocycles. The van der Waals surface area contributed by atoms with E-state index < -0.39 is 15.9 Å². The van der Waals surface area contributed by atoms with Crippen LogP contribution in [0.2, 0.25) is 10.0 Å². The zero-order valence-electron chi connectivity index (χ0n) is 15.6. The maximum atomic E-state index is 13.0. The highest BCUT2D eigenvalue weighted by Gasteiger charge is 2.28. The smallest absolute Gasteiger partial charge is 0.255 e. The molecule has 0 aliphatic carbocycles. The summed E-state index contributed by atoms with van der Waals surface area (Å²) in [6.07, 6.45) is 0. The van der Waals surface area contributed by atoms with Gasteiger partial charge in [-0.3, -0.25) is 4.79 Å². The predicted octanol–water partition coefficient (Wildman–Crippen LogP) is 3.49. The average Bonchev–Trinajstić information content (AvgIpc) is 2.65. The Bertz CT molecular complexity index is 1000. The first kappa shape index (κ1) is 21.1. The third-order valence-electron chi connectivity index (χ3n) is 4.73. The van der Waals surface area contributed by atoms with Gasteiger partial charge in [0, 0.05) is 37.4 Å². The van der Waals surface area contributed by atoms with E-state index in [2.05, 4.69) is 10.2 Å². The van der Waals surface area contributed by atoms with Crippen molar-refractivity contribution in [1.29, 1.82) is 0 Å². The van der Waals surface area contributed by atoms with Crippen molar-refractivity contribution in [1.82, 2.24) is 9.21 Å². The number of halogens is 2. The highest BCUT2D eigenvalue weighted by molar-refractivity contribution is 7.89. The van der Waals surface area contributed by atoms with Crippen LogP contribution < -0.4 is 5.32 Å². The minimum absolute atomic E-state index is 0.113. The number of nitrogens with one attached hydrogen (secondary N) is 1. The Balaban J connectivity index is 1.86. The van der Waals surface area contributed by atoms with Crippen LogP contribution in [-0.4, -0.2) is 56.8 Å². The van der Waals surface area contributed by atoms with Crippen LogP contribution in [0.15, 0.2) is 41.3 Å². The first-order valence-electron chi connectivity index (χ1n) is 8.74. The molecule has 1 saturated heterocycles. The second-order valence-electron chi connectivity index (χ2n) is 6.77. The second kappa shape index (κ2) is 8.39. The van der Waals surface area contributed by atoms with E-state index in [1.165, 1.54) is 10.4 Å². The van der Waals surface area contributed by atoms with Gasteiger partial charge < -0.3 is 10.2 Å². The van der Waals surface area contributed by atoms with E-state index in [9.17, 15) is 13.2 Å². The third-order valence-corrected chi connectivity index (χ3v) is 7.36. The minimum Gasteiger partial charge on any atom is -0.322 e. The van der Waals surface area contributed by atoms with E-state index in [0.717, 1.165) is 0 Å². The largest absolute Gasteiger partial charge is 0.322 e. The van der Waals surface area contributed by atoms with Gasteiger partial charge in [0.15, 0.2) is 0 Å². The van der Waals surface area contributed by atoms with Crippen molar-refractivity contribution in [2.75, 3.05) is 38.5 Å². The van der Waals surface area contributed by atoms with Crippen LogP contribution in [0.1, 0.15) is 15.9 Å². The van der Waals surface area contributed by atoms with Crippen LogP contribution in [0.5, 0.6) is 0 Å². The van der Waals surface area contributed by atoms with Crippen LogP contribution in [0.4, 0.5) is 5.69 Å². The van der Waals surface area contributed by atoms with Crippen molar-refractivity contribution >= 4 is 44.8 Å². The van der Waals surface area contributed by atoms with Crippen molar-refractivity contribution < 1.29 is 13.2 Å². The van der Waals surface area contributed by atoms with Gasteiger partial charge in [0.05, 0.1) is 14.9 Å². The Morgan fingerprint density at radius 2 is 1.68 bits per heavy atom. The maximum absolute atomic E-state index is 13.0. The molecule has 1 fully saturated rings. The van der Waals surface area contributed by atoms with Gasteiger partial charge in [0.25, 0.3) is 5.91 Å². The summed E-state index contributed by atoms with van der Waals surface area (Å²) in [5.74, 6) is -0.411. The fraction of sp³-hybridized carbons (Fsp3) is 0.316. The Morgan fingerprint density at radius 3 is 2.32 bits per heavy atom. The van der Waals surface area contributed by atoms with E-state index in [-0.39, 0.29) is 4.90 Å². The Kier molecular flexibility index (Phi) is 6.31. The van der Waals surface area contributed by atoms with Crippen molar-refractivity contribution in [3.8, 4) is 0 Å². The van der Waals surface area contributed by atoms with Crippen molar-refractivity contribution in [3.63, 3.8) is 0 Å². The molecule has 150 valence electrons. The Morgan fingerprint density at radius 1 is 1.00 bits per heavy atom. The molecule has 1 heterocycles. The van der Waals surface area contributed by atoms with E-state index in [1.54, 1.807) is 37.3 Å². The highest BCUT2D eigenvalue weighted by Crippen LogP contribution is 2.26. The van der Waals surface area contributed by atoms with Gasteiger partial charge in [-0.2, -0.15) is 4.31 Å². The second-order valence-corrected chi connectivity index (χ2v) is 9.52. The normalized spacial score (nSPS) is 16.1. The molecular formula is C19H21Cl2N3O3S. The number of sulfonamides is 1. The average molecular weight is 442 g/mol. The summed E-state index contributed by atoms with van der Waals surface area (Å²) in [5.41, 5.74) is 1.45. The van der Waals surface area contributed by atoms with Crippen LogP contribution in [-0.2, 0) is 10.0 Å². The molecule has 1 N–H and O–H groups in total. The monoisotopic (exact) mass is 441 g/mol. The summed E-state index contributed by atoms with van der Waals surface area (Å²) in [7, 11) is -1.70. The summed E-state index contributed by atoms with van der Waals surface area (Å²) in [5, 5.41) is 3.44. The number of likely N-dealkylation sites (N-methyl/N-ethyl adjacent to an activating group) is 1. The lowest BCUT2D eigenvalue weighted by Crippen LogP contribution is -2.47. The fourth-order valence-electron chi connectivity index (χ4n) is 2.96. The molecular weight excluding hydrogens is 421 g/mol. The molecule has 6 nitrogen and oxygen atoms in total. The van der Waals surface area contributed by atoms with Gasteiger partial charge in [0.2, 0.25) is 10.0 Å². The molecule has 0 atom stereocenters. The zero-order valence-corrected chi connectivity index (χ0v) is 17.9. The predicted molar refractivity (Wildman–Crippen MR) is 112 cm³/mol. The van der Waals surface area contributed by atoms with Crippen molar-refractivity contribution in [2.45, 2.75) is 11.8 Å². The van der Waals surface area contributed by atoms with E-state index in [0.29, 0.717) is 53.0 Å². The molecule has 0 unspecified atom stereocenters. The van der Waals surface area contributed by atoms with Crippen LogP contribution in [0.3, 0.4) is 0 Å². The van der Waals surface area contributed by atoms with E-state index in [1.807, 2.05) is 7.05 Å².